The molecule has 0 fully saturated rings. The van der Waals surface area contributed by atoms with E-state index in [2.05, 4.69) is 20.3 Å². The fourth-order valence-electron chi connectivity index (χ4n) is 2.10. The largest absolute Gasteiger partial charge is 0.463 e. The smallest absolute Gasteiger partial charge is 0.164 e. The lowest BCUT2D eigenvalue weighted by atomic mass is 10.0. The number of hydrogen-bond donors (Lipinski definition) is 2. The third-order valence-electron chi connectivity index (χ3n) is 3.28. The maximum absolute atomic E-state index is 10.5. The van der Waals surface area contributed by atoms with Crippen LogP contribution in [-0.4, -0.2) is 26.6 Å². The molecule has 0 radical (unpaired) electrons. The van der Waals surface area contributed by atoms with Gasteiger partial charge < -0.3 is 14.8 Å². The highest BCUT2D eigenvalue weighted by Gasteiger charge is 2.27. The summed E-state index contributed by atoms with van der Waals surface area (Å²) < 4.78 is 5.49. The van der Waals surface area contributed by atoms with Gasteiger partial charge in [-0.25, -0.2) is 15.0 Å². The molecule has 6 heteroatoms. The van der Waals surface area contributed by atoms with Crippen LogP contribution in [0.5, 0.6) is 0 Å². The van der Waals surface area contributed by atoms with Crippen molar-refractivity contribution in [2.24, 2.45) is 0 Å². The third kappa shape index (κ3) is 2.71. The number of rotatable bonds is 4. The predicted molar refractivity (Wildman–Crippen MR) is 78.8 cm³/mol. The van der Waals surface area contributed by atoms with Gasteiger partial charge in [-0.1, -0.05) is 0 Å². The van der Waals surface area contributed by atoms with Crippen LogP contribution in [0.15, 0.2) is 41.2 Å². The zero-order valence-corrected chi connectivity index (χ0v) is 11.9. The first-order chi connectivity index (χ1) is 10.1. The second-order valence-corrected chi connectivity index (χ2v) is 5.13. The number of aliphatic hydroxyl groups is 1. The monoisotopic (exact) mass is 284 g/mol. The standard InChI is InChI=1S/C15H16N4O2/c1-10-5-6-12(21-10)15(2,20)8-17-14-11-4-3-7-16-13(11)18-9-19-14/h3-7,9,20H,8H2,1-2H3,(H,16,17,18,19). The van der Waals surface area contributed by atoms with Gasteiger partial charge in [0.05, 0.1) is 11.9 Å². The second-order valence-electron chi connectivity index (χ2n) is 5.13. The summed E-state index contributed by atoms with van der Waals surface area (Å²) in [7, 11) is 0. The quantitative estimate of drug-likeness (QED) is 0.764. The summed E-state index contributed by atoms with van der Waals surface area (Å²) in [6, 6.07) is 7.31. The molecular weight excluding hydrogens is 268 g/mol. The number of pyridine rings is 1. The maximum Gasteiger partial charge on any atom is 0.164 e. The van der Waals surface area contributed by atoms with Crippen LogP contribution in [0.4, 0.5) is 5.82 Å². The van der Waals surface area contributed by atoms with Gasteiger partial charge in [0.25, 0.3) is 0 Å². The molecule has 1 unspecified atom stereocenters. The Hall–Kier alpha value is -2.47. The van der Waals surface area contributed by atoms with Crippen molar-refractivity contribution in [1.82, 2.24) is 15.0 Å². The van der Waals surface area contributed by atoms with E-state index in [0.29, 0.717) is 17.2 Å². The van der Waals surface area contributed by atoms with E-state index in [1.165, 1.54) is 6.33 Å². The molecule has 0 aliphatic heterocycles. The van der Waals surface area contributed by atoms with E-state index in [1.807, 2.05) is 25.1 Å². The van der Waals surface area contributed by atoms with Crippen molar-refractivity contribution in [2.45, 2.75) is 19.4 Å². The normalized spacial score (nSPS) is 14.0. The van der Waals surface area contributed by atoms with Gasteiger partial charge >= 0.3 is 0 Å². The van der Waals surface area contributed by atoms with Crippen LogP contribution in [-0.2, 0) is 5.60 Å². The molecule has 0 saturated heterocycles. The minimum Gasteiger partial charge on any atom is -0.463 e. The van der Waals surface area contributed by atoms with Crippen molar-refractivity contribution in [1.29, 1.82) is 0 Å². The number of aryl methyl sites for hydroxylation is 1. The number of aromatic nitrogens is 3. The highest BCUT2D eigenvalue weighted by atomic mass is 16.4. The van der Waals surface area contributed by atoms with E-state index in [1.54, 1.807) is 19.2 Å². The van der Waals surface area contributed by atoms with Gasteiger partial charge in [-0.2, -0.15) is 0 Å². The highest BCUT2D eigenvalue weighted by Crippen LogP contribution is 2.24. The molecule has 3 rings (SSSR count). The molecule has 3 aromatic rings. The van der Waals surface area contributed by atoms with E-state index in [-0.39, 0.29) is 6.54 Å². The molecule has 1 atom stereocenters. The summed E-state index contributed by atoms with van der Waals surface area (Å²) in [5, 5.41) is 14.5. The molecule has 6 nitrogen and oxygen atoms in total. The van der Waals surface area contributed by atoms with Gasteiger partial charge in [-0.05, 0) is 38.1 Å². The molecule has 0 spiro atoms. The predicted octanol–water partition coefficient (Wildman–Crippen LogP) is 2.25. The summed E-state index contributed by atoms with van der Waals surface area (Å²) >= 11 is 0. The molecular formula is C15H16N4O2. The maximum atomic E-state index is 10.5. The van der Waals surface area contributed by atoms with Crippen LogP contribution in [0.1, 0.15) is 18.4 Å². The minimum atomic E-state index is -1.13. The number of nitrogens with one attached hydrogen (secondary N) is 1. The van der Waals surface area contributed by atoms with Crippen LogP contribution in [0.2, 0.25) is 0 Å². The van der Waals surface area contributed by atoms with Crippen molar-refractivity contribution in [3.05, 3.63) is 48.3 Å². The summed E-state index contributed by atoms with van der Waals surface area (Å²) in [6.07, 6.45) is 3.13. The first kappa shape index (κ1) is 13.5. The molecule has 0 bridgehead atoms. The molecule has 3 aromatic heterocycles. The first-order valence-corrected chi connectivity index (χ1v) is 6.65. The van der Waals surface area contributed by atoms with Crippen LogP contribution in [0.3, 0.4) is 0 Å². The van der Waals surface area contributed by atoms with Crippen LogP contribution < -0.4 is 5.32 Å². The first-order valence-electron chi connectivity index (χ1n) is 6.65. The molecule has 0 aromatic carbocycles. The van der Waals surface area contributed by atoms with E-state index in [0.717, 1.165) is 11.1 Å². The SMILES string of the molecule is Cc1ccc(C(C)(O)CNc2ncnc3ncccc23)o1. The number of hydrogen-bond acceptors (Lipinski definition) is 6. The molecule has 0 aliphatic carbocycles. The molecule has 21 heavy (non-hydrogen) atoms. The highest BCUT2D eigenvalue weighted by molar-refractivity contribution is 5.85. The average molecular weight is 284 g/mol. The van der Waals surface area contributed by atoms with Gasteiger partial charge in [0.1, 0.15) is 29.3 Å². The topological polar surface area (TPSA) is 84.1 Å². The molecule has 0 amide bonds. The van der Waals surface area contributed by atoms with Crippen LogP contribution in [0, 0.1) is 6.92 Å². The van der Waals surface area contributed by atoms with Gasteiger partial charge in [0.2, 0.25) is 0 Å². The van der Waals surface area contributed by atoms with E-state index < -0.39 is 5.60 Å². The summed E-state index contributed by atoms with van der Waals surface area (Å²) in [5.41, 5.74) is -0.517. The number of anilines is 1. The number of fused-ring (bicyclic) bond motifs is 1. The lowest BCUT2D eigenvalue weighted by Gasteiger charge is -2.21. The van der Waals surface area contributed by atoms with E-state index >= 15 is 0 Å². The molecule has 108 valence electrons. The average Bonchev–Trinajstić information content (AvgIpc) is 2.93. The zero-order valence-electron chi connectivity index (χ0n) is 11.9. The third-order valence-corrected chi connectivity index (χ3v) is 3.28. The summed E-state index contributed by atoms with van der Waals surface area (Å²) in [5.74, 6) is 1.92. The van der Waals surface area contributed by atoms with Crippen molar-refractivity contribution in [3.63, 3.8) is 0 Å². The van der Waals surface area contributed by atoms with E-state index in [9.17, 15) is 5.11 Å². The molecule has 2 N–H and O–H groups in total. The Bertz CT molecular complexity index is 762. The van der Waals surface area contributed by atoms with Gasteiger partial charge in [-0.3, -0.25) is 0 Å². The second kappa shape index (κ2) is 5.14. The van der Waals surface area contributed by atoms with Crippen molar-refractivity contribution < 1.29 is 9.52 Å². The van der Waals surface area contributed by atoms with Crippen LogP contribution >= 0.6 is 0 Å². The van der Waals surface area contributed by atoms with Crippen LogP contribution in [0.25, 0.3) is 11.0 Å². The summed E-state index contributed by atoms with van der Waals surface area (Å²) in [6.45, 7) is 3.80. The lowest BCUT2D eigenvalue weighted by Crippen LogP contribution is -2.30. The van der Waals surface area contributed by atoms with E-state index in [4.69, 9.17) is 4.42 Å². The Balaban J connectivity index is 1.83. The fourth-order valence-corrected chi connectivity index (χ4v) is 2.10. The van der Waals surface area contributed by atoms with Crippen molar-refractivity contribution in [3.8, 4) is 0 Å². The van der Waals surface area contributed by atoms with Gasteiger partial charge in [0, 0.05) is 6.20 Å². The number of furan rings is 1. The zero-order chi connectivity index (χ0) is 14.9. The Morgan fingerprint density at radius 2 is 2.10 bits per heavy atom. The van der Waals surface area contributed by atoms with Gasteiger partial charge in [-0.15, -0.1) is 0 Å². The Morgan fingerprint density at radius 3 is 2.86 bits per heavy atom. The van der Waals surface area contributed by atoms with Gasteiger partial charge in [0.15, 0.2) is 5.65 Å². The molecule has 0 aliphatic rings. The lowest BCUT2D eigenvalue weighted by molar-refractivity contribution is 0.0467. The number of nitrogens with zero attached hydrogens (tertiary/aromatic N) is 3. The molecule has 0 saturated carbocycles. The minimum absolute atomic E-state index is 0.265. The van der Waals surface area contributed by atoms with Crippen molar-refractivity contribution >= 4 is 16.9 Å². The Kier molecular flexibility index (Phi) is 3.31. The molecule has 3 heterocycles. The summed E-state index contributed by atoms with van der Waals surface area (Å²) in [4.78, 5) is 12.5. The Labute approximate surface area is 121 Å². The van der Waals surface area contributed by atoms with Crippen molar-refractivity contribution in [2.75, 3.05) is 11.9 Å². The Morgan fingerprint density at radius 1 is 1.24 bits per heavy atom. The fraction of sp³-hybridized carbons (Fsp3) is 0.267.